The van der Waals surface area contributed by atoms with Crippen molar-refractivity contribution in [3.8, 4) is 0 Å². The molecule has 0 nitrogen and oxygen atoms in total. The first-order chi connectivity index (χ1) is 11.2. The Morgan fingerprint density at radius 1 is 0.667 bits per heavy atom. The number of benzene rings is 2. The van der Waals surface area contributed by atoms with Gasteiger partial charge in [-0.05, 0) is 53.6 Å². The Bertz CT molecular complexity index is 561. The minimum Gasteiger partial charge on any atom is -0.207 e. The van der Waals surface area contributed by atoms with Crippen LogP contribution in [0.4, 0.5) is 13.2 Å². The summed E-state index contributed by atoms with van der Waals surface area (Å²) in [7, 11) is 0. The molecular weight excluding hydrogens is 309 g/mol. The number of hydrogen-bond acceptors (Lipinski definition) is 0. The minimum absolute atomic E-state index is 0.107. The summed E-state index contributed by atoms with van der Waals surface area (Å²) >= 11 is 0. The predicted octanol–water partition coefficient (Wildman–Crippen LogP) is 7.37. The summed E-state index contributed by atoms with van der Waals surface area (Å²) in [5, 5.41) is 0. The summed E-state index contributed by atoms with van der Waals surface area (Å²) < 4.78 is 37.8. The zero-order chi connectivity index (χ0) is 18.9. The van der Waals surface area contributed by atoms with Gasteiger partial charge in [0.15, 0.2) is 0 Å². The Morgan fingerprint density at radius 3 is 1.46 bits per heavy atom. The normalized spacial score (nSPS) is 10.0. The van der Waals surface area contributed by atoms with Crippen LogP contribution in [0.2, 0.25) is 0 Å². The largest absolute Gasteiger partial charge is 0.207 e. The fraction of sp³-hybridized carbons (Fsp3) is 0.429. The fourth-order valence-corrected chi connectivity index (χ4v) is 2.26. The zero-order valence-electron chi connectivity index (χ0n) is 15.8. The molecule has 0 aliphatic rings. The summed E-state index contributed by atoms with van der Waals surface area (Å²) in [6.45, 7) is 13.9. The van der Waals surface area contributed by atoms with E-state index in [1.54, 1.807) is 6.07 Å². The second kappa shape index (κ2) is 10.9. The lowest BCUT2D eigenvalue weighted by Gasteiger charge is -2.08. The van der Waals surface area contributed by atoms with Crippen LogP contribution in [0.1, 0.15) is 70.1 Å². The lowest BCUT2D eigenvalue weighted by molar-refractivity contribution is 0.565. The van der Waals surface area contributed by atoms with Gasteiger partial charge in [-0.15, -0.1) is 0 Å². The molecule has 2 rings (SSSR count). The third-order valence-corrected chi connectivity index (χ3v) is 3.44. The zero-order valence-corrected chi connectivity index (χ0v) is 15.8. The highest BCUT2D eigenvalue weighted by atomic mass is 19.1. The van der Waals surface area contributed by atoms with E-state index in [9.17, 15) is 13.2 Å². The van der Waals surface area contributed by atoms with Crippen LogP contribution < -0.4 is 0 Å². The van der Waals surface area contributed by atoms with Crippen LogP contribution in [0.25, 0.3) is 0 Å². The van der Waals surface area contributed by atoms with Crippen molar-refractivity contribution in [2.24, 2.45) is 0 Å². The molecule has 2 aromatic carbocycles. The Morgan fingerprint density at radius 2 is 1.08 bits per heavy atom. The SMILES string of the molecule is CC.CC(C)c1ccc(F)cc1F.Cc1cc(F)ccc1C(C)C. The van der Waals surface area contributed by atoms with Crippen LogP contribution >= 0.6 is 0 Å². The Labute approximate surface area is 144 Å². The van der Waals surface area contributed by atoms with E-state index in [0.717, 1.165) is 11.6 Å². The van der Waals surface area contributed by atoms with Crippen molar-refractivity contribution in [2.45, 2.75) is 60.3 Å². The second-order valence-corrected chi connectivity index (χ2v) is 5.98. The van der Waals surface area contributed by atoms with Crippen LogP contribution in [0.3, 0.4) is 0 Å². The summed E-state index contributed by atoms with van der Waals surface area (Å²) in [6.07, 6.45) is 0. The highest BCUT2D eigenvalue weighted by Gasteiger charge is 2.06. The molecule has 0 aliphatic carbocycles. The van der Waals surface area contributed by atoms with Crippen molar-refractivity contribution < 1.29 is 13.2 Å². The first-order valence-electron chi connectivity index (χ1n) is 8.43. The molecule has 2 aromatic rings. The molecular formula is C21H29F3. The van der Waals surface area contributed by atoms with E-state index in [-0.39, 0.29) is 11.7 Å². The Kier molecular flexibility index (Phi) is 10.1. The standard InChI is InChI=1S/C10H13F.C9H10F2.C2H6/c1-7(2)10-5-4-9(11)6-8(10)3;1-6(2)8-4-3-7(10)5-9(8)11;1-2/h4-7H,1-3H3;3-6H,1-2H3;1-2H3. The summed E-state index contributed by atoms with van der Waals surface area (Å²) in [5.74, 6) is -0.537. The van der Waals surface area contributed by atoms with Crippen LogP contribution in [-0.2, 0) is 0 Å². The molecule has 0 saturated heterocycles. The van der Waals surface area contributed by atoms with Gasteiger partial charge in [0.2, 0.25) is 0 Å². The van der Waals surface area contributed by atoms with Crippen molar-refractivity contribution in [2.75, 3.05) is 0 Å². The van der Waals surface area contributed by atoms with Crippen LogP contribution in [0, 0.1) is 24.4 Å². The first-order valence-corrected chi connectivity index (χ1v) is 8.43. The topological polar surface area (TPSA) is 0 Å². The molecule has 24 heavy (non-hydrogen) atoms. The van der Waals surface area contributed by atoms with E-state index in [4.69, 9.17) is 0 Å². The second-order valence-electron chi connectivity index (χ2n) is 5.98. The lowest BCUT2D eigenvalue weighted by atomic mass is 9.98. The minimum atomic E-state index is -0.521. The van der Waals surface area contributed by atoms with Gasteiger partial charge in [-0.3, -0.25) is 0 Å². The van der Waals surface area contributed by atoms with Gasteiger partial charge in [0.05, 0.1) is 0 Å². The average Bonchev–Trinajstić information content (AvgIpc) is 2.49. The highest BCUT2D eigenvalue weighted by Crippen LogP contribution is 2.19. The van der Waals surface area contributed by atoms with Crippen LogP contribution in [0.5, 0.6) is 0 Å². The number of hydrogen-bond donors (Lipinski definition) is 0. The van der Waals surface area contributed by atoms with Crippen molar-refractivity contribution in [3.05, 3.63) is 70.5 Å². The Balaban J connectivity index is 0.000000400. The molecule has 0 atom stereocenters. The van der Waals surface area contributed by atoms with Gasteiger partial charge in [0.1, 0.15) is 17.5 Å². The molecule has 0 amide bonds. The van der Waals surface area contributed by atoms with Gasteiger partial charge >= 0.3 is 0 Å². The molecule has 0 spiro atoms. The molecule has 0 bridgehead atoms. The molecule has 0 aromatic heterocycles. The van der Waals surface area contributed by atoms with Crippen molar-refractivity contribution in [1.82, 2.24) is 0 Å². The third kappa shape index (κ3) is 7.20. The highest BCUT2D eigenvalue weighted by molar-refractivity contribution is 5.28. The molecule has 0 heterocycles. The van der Waals surface area contributed by atoms with Gasteiger partial charge in [-0.1, -0.05) is 53.7 Å². The van der Waals surface area contributed by atoms with Crippen LogP contribution in [-0.4, -0.2) is 0 Å². The van der Waals surface area contributed by atoms with Gasteiger partial charge in [-0.2, -0.15) is 0 Å². The molecule has 0 saturated carbocycles. The molecule has 0 radical (unpaired) electrons. The monoisotopic (exact) mass is 338 g/mol. The van der Waals surface area contributed by atoms with Crippen molar-refractivity contribution in [3.63, 3.8) is 0 Å². The van der Waals surface area contributed by atoms with Gasteiger partial charge < -0.3 is 0 Å². The predicted molar refractivity (Wildman–Crippen MR) is 97.0 cm³/mol. The lowest BCUT2D eigenvalue weighted by Crippen LogP contribution is -1.92. The molecule has 0 fully saturated rings. The molecule has 0 aliphatic heterocycles. The number of aryl methyl sites for hydroxylation is 1. The van der Waals surface area contributed by atoms with Crippen molar-refractivity contribution in [1.29, 1.82) is 0 Å². The van der Waals surface area contributed by atoms with Gasteiger partial charge in [0, 0.05) is 6.07 Å². The molecule has 0 unspecified atom stereocenters. The quantitative estimate of drug-likeness (QED) is 0.536. The molecule has 0 N–H and O–H groups in total. The van der Waals surface area contributed by atoms with E-state index in [1.807, 2.05) is 40.7 Å². The fourth-order valence-electron chi connectivity index (χ4n) is 2.26. The average molecular weight is 338 g/mol. The van der Waals surface area contributed by atoms with E-state index < -0.39 is 11.6 Å². The smallest absolute Gasteiger partial charge is 0.129 e. The summed E-state index contributed by atoms with van der Waals surface area (Å²) in [6, 6.07) is 8.62. The first kappa shape index (κ1) is 22.2. The molecule has 134 valence electrons. The van der Waals surface area contributed by atoms with Gasteiger partial charge in [0.25, 0.3) is 0 Å². The van der Waals surface area contributed by atoms with E-state index in [0.29, 0.717) is 11.5 Å². The Hall–Kier alpha value is -1.77. The summed E-state index contributed by atoms with van der Waals surface area (Å²) in [5.41, 5.74) is 2.83. The number of rotatable bonds is 2. The molecule has 3 heteroatoms. The maximum atomic E-state index is 12.9. The van der Waals surface area contributed by atoms with Gasteiger partial charge in [-0.25, -0.2) is 13.2 Å². The van der Waals surface area contributed by atoms with E-state index in [1.165, 1.54) is 23.8 Å². The third-order valence-electron chi connectivity index (χ3n) is 3.44. The maximum Gasteiger partial charge on any atom is 0.129 e. The van der Waals surface area contributed by atoms with Crippen LogP contribution in [0.15, 0.2) is 36.4 Å². The maximum absolute atomic E-state index is 12.9. The van der Waals surface area contributed by atoms with E-state index in [2.05, 4.69) is 13.8 Å². The number of halogens is 3. The summed E-state index contributed by atoms with van der Waals surface area (Å²) in [4.78, 5) is 0. The van der Waals surface area contributed by atoms with Crippen molar-refractivity contribution >= 4 is 0 Å². The van der Waals surface area contributed by atoms with E-state index >= 15 is 0 Å².